The maximum Gasteiger partial charge on any atom is 0.411 e. The van der Waals surface area contributed by atoms with Gasteiger partial charge in [0.25, 0.3) is 0 Å². The van der Waals surface area contributed by atoms with E-state index in [4.69, 9.17) is 4.74 Å². The van der Waals surface area contributed by atoms with Gasteiger partial charge in [0.2, 0.25) is 0 Å². The highest BCUT2D eigenvalue weighted by atomic mass is 79.9. The van der Waals surface area contributed by atoms with Crippen LogP contribution in [0.3, 0.4) is 0 Å². The molecule has 16 heavy (non-hydrogen) atoms. The summed E-state index contributed by atoms with van der Waals surface area (Å²) in [6.07, 6.45) is 3.03. The predicted molar refractivity (Wildman–Crippen MR) is 67.0 cm³/mol. The maximum absolute atomic E-state index is 11.1. The van der Waals surface area contributed by atoms with E-state index in [1.54, 1.807) is 0 Å². The molecule has 1 aromatic rings. The second-order valence-electron chi connectivity index (χ2n) is 3.84. The molecule has 86 valence electrons. The first-order valence-corrected chi connectivity index (χ1v) is 6.53. The fraction of sp³-hybridized carbons (Fsp3) is 0.417. The zero-order chi connectivity index (χ0) is 11.4. The Balaban J connectivity index is 2.06. The van der Waals surface area contributed by atoms with Crippen molar-refractivity contribution in [2.75, 3.05) is 10.6 Å². The van der Waals surface area contributed by atoms with Crippen LogP contribution in [0.15, 0.2) is 18.2 Å². The zero-order valence-corrected chi connectivity index (χ0v) is 10.5. The van der Waals surface area contributed by atoms with E-state index in [9.17, 15) is 4.79 Å². The Kier molecular flexibility index (Phi) is 3.83. The number of hydrogen-bond acceptors (Lipinski definition) is 2. The van der Waals surface area contributed by atoms with Crippen LogP contribution >= 0.6 is 15.9 Å². The number of benzene rings is 1. The third-order valence-electron chi connectivity index (χ3n) is 2.62. The van der Waals surface area contributed by atoms with Gasteiger partial charge in [0.05, 0.1) is 5.69 Å². The fourth-order valence-corrected chi connectivity index (χ4v) is 2.13. The number of cyclic esters (lactones) is 1. The summed E-state index contributed by atoms with van der Waals surface area (Å²) in [6.45, 7) is 0.378. The molecule has 1 amide bonds. The predicted octanol–water partition coefficient (Wildman–Crippen LogP) is 3.47. The minimum atomic E-state index is -0.356. The molecule has 2 rings (SSSR count). The number of aryl methyl sites for hydroxylation is 1. The second kappa shape index (κ2) is 5.34. The molecule has 1 aromatic carbocycles. The Morgan fingerprint density at radius 3 is 3.06 bits per heavy atom. The quantitative estimate of drug-likeness (QED) is 0.679. The molecule has 0 saturated carbocycles. The molecule has 1 heterocycles. The first kappa shape index (κ1) is 11.5. The van der Waals surface area contributed by atoms with Crippen molar-refractivity contribution < 1.29 is 9.53 Å². The largest absolute Gasteiger partial charge is 0.444 e. The van der Waals surface area contributed by atoms with Crippen LogP contribution < -0.4 is 5.32 Å². The van der Waals surface area contributed by atoms with E-state index >= 15 is 0 Å². The number of ether oxygens (including phenoxy) is 1. The van der Waals surface area contributed by atoms with Crippen molar-refractivity contribution in [1.82, 2.24) is 0 Å². The molecule has 0 fully saturated rings. The van der Waals surface area contributed by atoms with Crippen LogP contribution in [0.5, 0.6) is 0 Å². The third-order valence-corrected chi connectivity index (χ3v) is 3.18. The molecule has 0 aliphatic carbocycles. The molecule has 0 saturated heterocycles. The highest BCUT2D eigenvalue weighted by Gasteiger charge is 2.15. The normalized spacial score (nSPS) is 13.9. The zero-order valence-electron chi connectivity index (χ0n) is 8.96. The number of unbranched alkanes of at least 4 members (excludes halogenated alkanes) is 1. The lowest BCUT2D eigenvalue weighted by Gasteiger charge is -2.18. The van der Waals surface area contributed by atoms with Gasteiger partial charge in [-0.1, -0.05) is 28.1 Å². The van der Waals surface area contributed by atoms with Gasteiger partial charge in [-0.25, -0.2) is 4.79 Å². The number of rotatable bonds is 4. The molecule has 0 atom stereocenters. The van der Waals surface area contributed by atoms with Crippen LogP contribution in [0, 0.1) is 0 Å². The molecule has 3 nitrogen and oxygen atoms in total. The number of carbonyl (C=O) groups excluding carboxylic acids is 1. The molecule has 0 aromatic heterocycles. The molecule has 4 heteroatoms. The summed E-state index contributed by atoms with van der Waals surface area (Å²) in [5, 5.41) is 3.76. The van der Waals surface area contributed by atoms with E-state index in [0.29, 0.717) is 6.61 Å². The van der Waals surface area contributed by atoms with E-state index in [0.717, 1.165) is 29.4 Å². The van der Waals surface area contributed by atoms with Crippen LogP contribution in [-0.4, -0.2) is 11.4 Å². The number of amides is 1. The van der Waals surface area contributed by atoms with Gasteiger partial charge in [0, 0.05) is 10.9 Å². The van der Waals surface area contributed by atoms with Gasteiger partial charge in [-0.2, -0.15) is 0 Å². The molecule has 1 aliphatic rings. The monoisotopic (exact) mass is 283 g/mol. The van der Waals surface area contributed by atoms with Gasteiger partial charge < -0.3 is 4.74 Å². The smallest absolute Gasteiger partial charge is 0.411 e. The summed E-state index contributed by atoms with van der Waals surface area (Å²) in [5.41, 5.74) is 3.21. The summed E-state index contributed by atoms with van der Waals surface area (Å²) in [7, 11) is 0. The van der Waals surface area contributed by atoms with Crippen molar-refractivity contribution in [3.8, 4) is 0 Å². The van der Waals surface area contributed by atoms with Gasteiger partial charge in [-0.15, -0.1) is 0 Å². The van der Waals surface area contributed by atoms with Gasteiger partial charge in [0.15, 0.2) is 0 Å². The lowest BCUT2D eigenvalue weighted by Crippen LogP contribution is -2.20. The number of carbonyl (C=O) groups is 1. The number of nitrogens with one attached hydrogen (secondary N) is 1. The first-order valence-electron chi connectivity index (χ1n) is 5.41. The highest BCUT2D eigenvalue weighted by molar-refractivity contribution is 9.09. The number of alkyl halides is 1. The summed E-state index contributed by atoms with van der Waals surface area (Å²) in [5.74, 6) is 0. The van der Waals surface area contributed by atoms with Crippen molar-refractivity contribution in [3.63, 3.8) is 0 Å². The SMILES string of the molecule is O=C1Nc2cc(CCCCBr)ccc2CO1. The van der Waals surface area contributed by atoms with Crippen LogP contribution in [0.2, 0.25) is 0 Å². The van der Waals surface area contributed by atoms with Crippen molar-refractivity contribution in [1.29, 1.82) is 0 Å². The van der Waals surface area contributed by atoms with Gasteiger partial charge >= 0.3 is 6.09 Å². The lowest BCUT2D eigenvalue weighted by molar-refractivity contribution is 0.151. The van der Waals surface area contributed by atoms with Crippen molar-refractivity contribution in [2.45, 2.75) is 25.9 Å². The number of halogens is 1. The van der Waals surface area contributed by atoms with E-state index in [1.807, 2.05) is 12.1 Å². The van der Waals surface area contributed by atoms with Gasteiger partial charge in [-0.3, -0.25) is 5.32 Å². The number of hydrogen-bond donors (Lipinski definition) is 1. The lowest BCUT2D eigenvalue weighted by atomic mass is 10.0. The summed E-state index contributed by atoms with van der Waals surface area (Å²) < 4.78 is 4.89. The Labute approximate surface area is 103 Å². The molecule has 0 spiro atoms. The number of anilines is 1. The molecular formula is C12H14BrNO2. The first-order chi connectivity index (χ1) is 7.79. The second-order valence-corrected chi connectivity index (χ2v) is 4.63. The Morgan fingerprint density at radius 2 is 2.25 bits per heavy atom. The van der Waals surface area contributed by atoms with Crippen molar-refractivity contribution in [2.24, 2.45) is 0 Å². The average molecular weight is 284 g/mol. The minimum Gasteiger partial charge on any atom is -0.444 e. The van der Waals surface area contributed by atoms with Crippen molar-refractivity contribution in [3.05, 3.63) is 29.3 Å². The van der Waals surface area contributed by atoms with Crippen molar-refractivity contribution >= 4 is 27.7 Å². The Hall–Kier alpha value is -1.03. The third kappa shape index (κ3) is 2.76. The summed E-state index contributed by atoms with van der Waals surface area (Å²) in [6, 6.07) is 6.18. The molecular weight excluding hydrogens is 270 g/mol. The summed E-state index contributed by atoms with van der Waals surface area (Å²) >= 11 is 3.42. The summed E-state index contributed by atoms with van der Waals surface area (Å²) in [4.78, 5) is 11.1. The fourth-order valence-electron chi connectivity index (χ4n) is 1.73. The van der Waals surface area contributed by atoms with E-state index in [2.05, 4.69) is 27.3 Å². The molecule has 0 unspecified atom stereocenters. The van der Waals surface area contributed by atoms with E-state index in [-0.39, 0.29) is 6.09 Å². The van der Waals surface area contributed by atoms with E-state index in [1.165, 1.54) is 12.0 Å². The van der Waals surface area contributed by atoms with Crippen LogP contribution in [0.25, 0.3) is 0 Å². The number of fused-ring (bicyclic) bond motifs is 1. The van der Waals surface area contributed by atoms with Crippen LogP contribution in [0.1, 0.15) is 24.0 Å². The standard InChI is InChI=1S/C12H14BrNO2/c13-6-2-1-3-9-4-5-10-8-16-12(15)14-11(10)7-9/h4-5,7H,1-3,6,8H2,(H,14,15). The minimum absolute atomic E-state index is 0.356. The van der Waals surface area contributed by atoms with Gasteiger partial charge in [0.1, 0.15) is 6.61 Å². The molecule has 1 aliphatic heterocycles. The average Bonchev–Trinajstić information content (AvgIpc) is 2.29. The van der Waals surface area contributed by atoms with Gasteiger partial charge in [-0.05, 0) is 30.9 Å². The molecule has 0 radical (unpaired) electrons. The van der Waals surface area contributed by atoms with Crippen LogP contribution in [0.4, 0.5) is 10.5 Å². The highest BCUT2D eigenvalue weighted by Crippen LogP contribution is 2.23. The van der Waals surface area contributed by atoms with Crippen LogP contribution in [-0.2, 0) is 17.8 Å². The van der Waals surface area contributed by atoms with E-state index < -0.39 is 0 Å². The Bertz CT molecular complexity index is 393. The topological polar surface area (TPSA) is 38.3 Å². The Morgan fingerprint density at radius 1 is 1.38 bits per heavy atom. The molecule has 1 N–H and O–H groups in total. The maximum atomic E-state index is 11.1. The molecule has 0 bridgehead atoms.